The number of alkyl halides is 1. The molecule has 0 atom stereocenters. The molecule has 0 aromatic rings. The molecule has 2 nitrogen and oxygen atoms in total. The van der Waals surface area contributed by atoms with E-state index in [4.69, 9.17) is 0 Å². The highest BCUT2D eigenvalue weighted by molar-refractivity contribution is 9.09. The Morgan fingerprint density at radius 1 is 1.50 bits per heavy atom. The lowest BCUT2D eigenvalue weighted by atomic mass is 11.0. The second kappa shape index (κ2) is 3.45. The van der Waals surface area contributed by atoms with E-state index in [0.717, 1.165) is 0 Å². The average Bonchev–Trinajstić information content (AvgIpc) is 1.67. The van der Waals surface area contributed by atoms with E-state index in [1.807, 2.05) is 0 Å². The predicted molar refractivity (Wildman–Crippen MR) is 37.8 cm³/mol. The minimum absolute atomic E-state index is 0.00139. The van der Waals surface area contributed by atoms with E-state index in [0.29, 0.717) is 5.33 Å². The molecule has 0 unspecified atom stereocenters. The highest BCUT2D eigenvalue weighted by Gasteiger charge is 2.03. The van der Waals surface area contributed by atoms with Gasteiger partial charge < -0.3 is 0 Å². The SMILES string of the molecule is [CH2]CS(=O)(=O)CCBr. The number of sulfone groups is 1. The van der Waals surface area contributed by atoms with Crippen molar-refractivity contribution in [2.75, 3.05) is 16.8 Å². The summed E-state index contributed by atoms with van der Waals surface area (Å²) in [4.78, 5) is 0. The normalized spacial score (nSPS) is 11.8. The van der Waals surface area contributed by atoms with E-state index in [2.05, 4.69) is 22.9 Å². The first-order valence-electron chi connectivity index (χ1n) is 2.18. The molecule has 4 heteroatoms. The van der Waals surface area contributed by atoms with Gasteiger partial charge in [-0.15, -0.1) is 0 Å². The molecule has 1 radical (unpaired) electrons. The van der Waals surface area contributed by atoms with Gasteiger partial charge in [0.2, 0.25) is 0 Å². The molecule has 49 valence electrons. The van der Waals surface area contributed by atoms with Crippen LogP contribution in [-0.4, -0.2) is 25.3 Å². The molecule has 0 spiro atoms. The summed E-state index contributed by atoms with van der Waals surface area (Å²) in [5.74, 6) is 0.190. The molecule has 0 aliphatic carbocycles. The lowest BCUT2D eigenvalue weighted by Crippen LogP contribution is -2.09. The van der Waals surface area contributed by atoms with Crippen molar-refractivity contribution < 1.29 is 8.42 Å². The van der Waals surface area contributed by atoms with Crippen molar-refractivity contribution in [2.45, 2.75) is 0 Å². The molecular weight excluding hydrogens is 192 g/mol. The third kappa shape index (κ3) is 3.43. The van der Waals surface area contributed by atoms with Gasteiger partial charge in [-0.25, -0.2) is 8.42 Å². The molecule has 0 fully saturated rings. The van der Waals surface area contributed by atoms with E-state index in [9.17, 15) is 8.42 Å². The standard InChI is InChI=1S/C4H8BrO2S/c1-2-8(6,7)4-3-5/h1-4H2. The number of hydrogen-bond acceptors (Lipinski definition) is 2. The van der Waals surface area contributed by atoms with Crippen LogP contribution in [0.5, 0.6) is 0 Å². The smallest absolute Gasteiger partial charge is 0.151 e. The van der Waals surface area contributed by atoms with Gasteiger partial charge in [0.05, 0.1) is 11.5 Å². The van der Waals surface area contributed by atoms with E-state index in [1.54, 1.807) is 0 Å². The second-order valence-corrected chi connectivity index (χ2v) is 4.44. The summed E-state index contributed by atoms with van der Waals surface area (Å²) in [5, 5.41) is 0.505. The molecule has 0 aliphatic rings. The van der Waals surface area contributed by atoms with E-state index >= 15 is 0 Å². The van der Waals surface area contributed by atoms with Crippen LogP contribution in [0, 0.1) is 6.92 Å². The topological polar surface area (TPSA) is 34.1 Å². The Morgan fingerprint density at radius 2 is 2.00 bits per heavy atom. The largest absolute Gasteiger partial charge is 0.229 e. The predicted octanol–water partition coefficient (Wildman–Crippen LogP) is 0.630. The quantitative estimate of drug-likeness (QED) is 0.626. The molecule has 0 amide bonds. The average molecular weight is 200 g/mol. The van der Waals surface area contributed by atoms with Gasteiger partial charge in [-0.05, 0) is 6.92 Å². The zero-order valence-electron chi connectivity index (χ0n) is 4.43. The molecule has 0 heterocycles. The van der Waals surface area contributed by atoms with Crippen molar-refractivity contribution in [3.05, 3.63) is 6.92 Å². The van der Waals surface area contributed by atoms with Crippen LogP contribution in [0.3, 0.4) is 0 Å². The van der Waals surface area contributed by atoms with Crippen molar-refractivity contribution in [1.29, 1.82) is 0 Å². The zero-order chi connectivity index (χ0) is 6.62. The summed E-state index contributed by atoms with van der Waals surface area (Å²) in [6.07, 6.45) is 0. The van der Waals surface area contributed by atoms with Crippen LogP contribution in [-0.2, 0) is 9.84 Å². The third-order valence-electron chi connectivity index (χ3n) is 0.699. The summed E-state index contributed by atoms with van der Waals surface area (Å²) in [5.41, 5.74) is 0. The summed E-state index contributed by atoms with van der Waals surface area (Å²) >= 11 is 3.02. The van der Waals surface area contributed by atoms with Crippen LogP contribution in [0.1, 0.15) is 0 Å². The third-order valence-corrected chi connectivity index (χ3v) is 3.07. The van der Waals surface area contributed by atoms with Crippen molar-refractivity contribution in [2.24, 2.45) is 0 Å². The fourth-order valence-electron chi connectivity index (χ4n) is 0.220. The fraction of sp³-hybridized carbons (Fsp3) is 0.750. The highest BCUT2D eigenvalue weighted by Crippen LogP contribution is 1.90. The number of rotatable bonds is 3. The molecule has 8 heavy (non-hydrogen) atoms. The van der Waals surface area contributed by atoms with E-state index < -0.39 is 9.84 Å². The maximum atomic E-state index is 10.5. The molecule has 0 saturated heterocycles. The van der Waals surface area contributed by atoms with Crippen LogP contribution in [0.25, 0.3) is 0 Å². The molecule has 0 N–H and O–H groups in total. The van der Waals surface area contributed by atoms with Crippen LogP contribution < -0.4 is 0 Å². The van der Waals surface area contributed by atoms with Crippen LogP contribution in [0.15, 0.2) is 0 Å². The lowest BCUT2D eigenvalue weighted by Gasteiger charge is -1.92. The Morgan fingerprint density at radius 3 is 2.12 bits per heavy atom. The maximum absolute atomic E-state index is 10.5. The van der Waals surface area contributed by atoms with E-state index in [-0.39, 0.29) is 11.5 Å². The van der Waals surface area contributed by atoms with Gasteiger partial charge in [0.25, 0.3) is 0 Å². The number of hydrogen-bond donors (Lipinski definition) is 0. The Hall–Kier alpha value is 0.430. The van der Waals surface area contributed by atoms with Gasteiger partial charge >= 0.3 is 0 Å². The molecule has 0 saturated carbocycles. The van der Waals surface area contributed by atoms with Crippen molar-refractivity contribution in [3.63, 3.8) is 0 Å². The summed E-state index contributed by atoms with van der Waals surface area (Å²) in [6.45, 7) is 3.27. The fourth-order valence-corrected chi connectivity index (χ4v) is 2.14. The van der Waals surface area contributed by atoms with Gasteiger partial charge in [0.1, 0.15) is 0 Å². The summed E-state index contributed by atoms with van der Waals surface area (Å²) in [7, 11) is -2.83. The molecule has 0 aliphatic heterocycles. The Bertz CT molecular complexity index is 138. The van der Waals surface area contributed by atoms with Crippen molar-refractivity contribution in [3.8, 4) is 0 Å². The van der Waals surface area contributed by atoms with Gasteiger partial charge in [-0.3, -0.25) is 0 Å². The minimum Gasteiger partial charge on any atom is -0.229 e. The Labute approximate surface area is 58.3 Å². The van der Waals surface area contributed by atoms with Crippen LogP contribution in [0.2, 0.25) is 0 Å². The van der Waals surface area contributed by atoms with Gasteiger partial charge in [0, 0.05) is 5.33 Å². The zero-order valence-corrected chi connectivity index (χ0v) is 6.83. The highest BCUT2D eigenvalue weighted by atomic mass is 79.9. The minimum atomic E-state index is -2.83. The summed E-state index contributed by atoms with van der Waals surface area (Å²) in [6, 6.07) is 0. The summed E-state index contributed by atoms with van der Waals surface area (Å²) < 4.78 is 21.0. The molecule has 0 rings (SSSR count). The molecule has 0 aromatic carbocycles. The van der Waals surface area contributed by atoms with Gasteiger partial charge in [-0.1, -0.05) is 15.9 Å². The van der Waals surface area contributed by atoms with Crippen molar-refractivity contribution >= 4 is 25.8 Å². The molecule has 0 bridgehead atoms. The second-order valence-electron chi connectivity index (χ2n) is 1.34. The Kier molecular flexibility index (Phi) is 3.64. The van der Waals surface area contributed by atoms with Crippen molar-refractivity contribution in [1.82, 2.24) is 0 Å². The first-order chi connectivity index (χ1) is 3.62. The van der Waals surface area contributed by atoms with Gasteiger partial charge in [0.15, 0.2) is 9.84 Å². The Balaban J connectivity index is 3.76. The lowest BCUT2D eigenvalue weighted by molar-refractivity contribution is 0.600. The number of halogens is 1. The van der Waals surface area contributed by atoms with Crippen LogP contribution in [0.4, 0.5) is 0 Å². The maximum Gasteiger partial charge on any atom is 0.151 e. The first kappa shape index (κ1) is 8.43. The van der Waals surface area contributed by atoms with Crippen LogP contribution >= 0.6 is 15.9 Å². The molecule has 0 aromatic heterocycles. The molecular formula is C4H8BrO2S. The monoisotopic (exact) mass is 199 g/mol. The van der Waals surface area contributed by atoms with Gasteiger partial charge in [-0.2, -0.15) is 0 Å². The van der Waals surface area contributed by atoms with E-state index in [1.165, 1.54) is 0 Å². The first-order valence-corrected chi connectivity index (χ1v) is 5.12.